The number of aromatic nitrogens is 3. The fraction of sp³-hybridized carbons (Fsp3) is 0.0526. The van der Waals surface area contributed by atoms with E-state index in [1.165, 1.54) is 11.3 Å². The van der Waals surface area contributed by atoms with Crippen molar-refractivity contribution in [1.29, 1.82) is 0 Å². The Morgan fingerprint density at radius 1 is 1.00 bits per heavy atom. The van der Waals surface area contributed by atoms with Crippen LogP contribution in [0.1, 0.15) is 5.56 Å². The van der Waals surface area contributed by atoms with E-state index in [-0.39, 0.29) is 11.4 Å². The number of thiophene rings is 1. The fourth-order valence-electron chi connectivity index (χ4n) is 2.61. The predicted molar refractivity (Wildman–Crippen MR) is 105 cm³/mol. The highest BCUT2D eigenvalue weighted by atomic mass is 32.2. The zero-order valence-corrected chi connectivity index (χ0v) is 15.8. The Kier molecular flexibility index (Phi) is 4.85. The summed E-state index contributed by atoms with van der Waals surface area (Å²) in [6, 6.07) is 16.7. The second kappa shape index (κ2) is 7.43. The van der Waals surface area contributed by atoms with Crippen LogP contribution in [0.25, 0.3) is 16.3 Å². The summed E-state index contributed by atoms with van der Waals surface area (Å²) in [6.45, 7) is 0.186. The van der Waals surface area contributed by atoms with Crippen LogP contribution in [0.3, 0.4) is 0 Å². The molecule has 4 aromatic rings. The molecule has 0 saturated heterocycles. The molecule has 0 fully saturated rings. The van der Waals surface area contributed by atoms with E-state index in [2.05, 4.69) is 14.8 Å². The van der Waals surface area contributed by atoms with E-state index in [9.17, 15) is 8.42 Å². The van der Waals surface area contributed by atoms with Gasteiger partial charge in [-0.25, -0.2) is 17.8 Å². The van der Waals surface area contributed by atoms with Crippen LogP contribution in [0.5, 0.6) is 0 Å². The highest BCUT2D eigenvalue weighted by molar-refractivity contribution is 7.89. The van der Waals surface area contributed by atoms with Crippen molar-refractivity contribution in [3.63, 3.8) is 0 Å². The highest BCUT2D eigenvalue weighted by Gasteiger charge is 2.24. The van der Waals surface area contributed by atoms with Gasteiger partial charge in [0.2, 0.25) is 10.0 Å². The van der Waals surface area contributed by atoms with Crippen LogP contribution in [0, 0.1) is 0 Å². The lowest BCUT2D eigenvalue weighted by molar-refractivity contribution is 0.581. The first-order valence-corrected chi connectivity index (χ1v) is 10.6. The average Bonchev–Trinajstić information content (AvgIpc) is 3.38. The predicted octanol–water partition coefficient (Wildman–Crippen LogP) is 3.47. The fourth-order valence-corrected chi connectivity index (χ4v) is 4.55. The quantitative estimate of drug-likeness (QED) is 0.541. The molecule has 3 heterocycles. The number of sulfonamides is 1. The summed E-state index contributed by atoms with van der Waals surface area (Å²) in [7, 11) is -3.75. The van der Waals surface area contributed by atoms with Gasteiger partial charge in [-0.3, -0.25) is 4.98 Å². The molecule has 0 aliphatic carbocycles. The Hall–Kier alpha value is -2.81. The van der Waals surface area contributed by atoms with E-state index in [0.717, 1.165) is 16.1 Å². The minimum absolute atomic E-state index is 0.155. The molecule has 6 nitrogen and oxygen atoms in total. The second-order valence-electron chi connectivity index (χ2n) is 5.78. The van der Waals surface area contributed by atoms with Gasteiger partial charge < -0.3 is 0 Å². The van der Waals surface area contributed by atoms with Crippen LogP contribution in [0.4, 0.5) is 0 Å². The maximum absolute atomic E-state index is 13.0. The molecule has 0 aliphatic rings. The Labute approximate surface area is 161 Å². The summed E-state index contributed by atoms with van der Waals surface area (Å²) in [5, 5.41) is 6.44. The molecule has 1 N–H and O–H groups in total. The van der Waals surface area contributed by atoms with Crippen molar-refractivity contribution in [2.24, 2.45) is 0 Å². The third kappa shape index (κ3) is 3.82. The average molecular weight is 396 g/mol. The summed E-state index contributed by atoms with van der Waals surface area (Å²) in [4.78, 5) is 4.90. The maximum atomic E-state index is 13.0. The highest BCUT2D eigenvalue weighted by Crippen LogP contribution is 2.30. The first-order valence-electron chi connectivity index (χ1n) is 8.21. The maximum Gasteiger partial charge on any atom is 0.244 e. The van der Waals surface area contributed by atoms with Crippen molar-refractivity contribution < 1.29 is 8.42 Å². The van der Waals surface area contributed by atoms with Crippen molar-refractivity contribution in [3.05, 3.63) is 84.1 Å². The SMILES string of the molecule is O=S(=O)(NCc1ccncc1)c1cn(-c2ccccc2)nc1-c1cccs1. The molecule has 27 heavy (non-hydrogen) atoms. The van der Waals surface area contributed by atoms with E-state index in [0.29, 0.717) is 5.69 Å². The second-order valence-corrected chi connectivity index (χ2v) is 8.46. The molecule has 8 heteroatoms. The first kappa shape index (κ1) is 17.6. The smallest absolute Gasteiger partial charge is 0.244 e. The molecular formula is C19H16N4O2S2. The third-order valence-corrected chi connectivity index (χ3v) is 6.24. The third-order valence-electron chi connectivity index (χ3n) is 3.96. The van der Waals surface area contributed by atoms with Gasteiger partial charge in [0, 0.05) is 18.9 Å². The summed E-state index contributed by atoms with van der Waals surface area (Å²) < 4.78 is 30.2. The lowest BCUT2D eigenvalue weighted by Crippen LogP contribution is -2.23. The number of hydrogen-bond donors (Lipinski definition) is 1. The first-order chi connectivity index (χ1) is 13.1. The van der Waals surface area contributed by atoms with E-state index in [1.54, 1.807) is 35.4 Å². The summed E-state index contributed by atoms with van der Waals surface area (Å²) in [5.41, 5.74) is 2.07. The van der Waals surface area contributed by atoms with Crippen molar-refractivity contribution in [1.82, 2.24) is 19.5 Å². The van der Waals surface area contributed by atoms with E-state index >= 15 is 0 Å². The van der Waals surface area contributed by atoms with E-state index in [1.807, 2.05) is 47.8 Å². The number of rotatable bonds is 6. The summed E-state index contributed by atoms with van der Waals surface area (Å²) in [5.74, 6) is 0. The summed E-state index contributed by atoms with van der Waals surface area (Å²) in [6.07, 6.45) is 4.82. The normalized spacial score (nSPS) is 11.6. The largest absolute Gasteiger partial charge is 0.265 e. The monoisotopic (exact) mass is 396 g/mol. The molecule has 4 rings (SSSR count). The molecule has 0 unspecified atom stereocenters. The Morgan fingerprint density at radius 2 is 1.78 bits per heavy atom. The number of para-hydroxylation sites is 1. The van der Waals surface area contributed by atoms with Gasteiger partial charge in [0.1, 0.15) is 10.6 Å². The Bertz CT molecular complexity index is 1120. The Morgan fingerprint density at radius 3 is 2.48 bits per heavy atom. The van der Waals surface area contributed by atoms with Gasteiger partial charge in [-0.15, -0.1) is 11.3 Å². The lowest BCUT2D eigenvalue weighted by Gasteiger charge is -2.06. The summed E-state index contributed by atoms with van der Waals surface area (Å²) >= 11 is 1.45. The Balaban J connectivity index is 1.73. The molecular weight excluding hydrogens is 380 g/mol. The molecule has 1 aromatic carbocycles. The zero-order valence-electron chi connectivity index (χ0n) is 14.2. The number of nitrogens with zero attached hydrogens (tertiary/aromatic N) is 3. The van der Waals surface area contributed by atoms with Gasteiger partial charge in [-0.1, -0.05) is 24.3 Å². The van der Waals surface area contributed by atoms with Crippen molar-refractivity contribution >= 4 is 21.4 Å². The van der Waals surface area contributed by atoms with Crippen LogP contribution >= 0.6 is 11.3 Å². The topological polar surface area (TPSA) is 76.9 Å². The van der Waals surface area contributed by atoms with Crippen LogP contribution in [-0.4, -0.2) is 23.2 Å². The zero-order chi connectivity index (χ0) is 18.7. The van der Waals surface area contributed by atoms with Crippen molar-refractivity contribution in [3.8, 4) is 16.3 Å². The van der Waals surface area contributed by atoms with E-state index in [4.69, 9.17) is 0 Å². The molecule has 0 amide bonds. The van der Waals surface area contributed by atoms with Crippen LogP contribution in [-0.2, 0) is 16.6 Å². The minimum Gasteiger partial charge on any atom is -0.265 e. The lowest BCUT2D eigenvalue weighted by atomic mass is 10.3. The van der Waals surface area contributed by atoms with Crippen LogP contribution < -0.4 is 4.72 Å². The molecule has 0 aliphatic heterocycles. The van der Waals surface area contributed by atoms with Crippen molar-refractivity contribution in [2.45, 2.75) is 11.4 Å². The molecule has 0 radical (unpaired) electrons. The molecule has 0 spiro atoms. The van der Waals surface area contributed by atoms with Crippen LogP contribution in [0.2, 0.25) is 0 Å². The molecule has 0 bridgehead atoms. The molecule has 3 aromatic heterocycles. The molecule has 0 saturated carbocycles. The number of benzene rings is 1. The molecule has 0 atom stereocenters. The van der Waals surface area contributed by atoms with Gasteiger partial charge >= 0.3 is 0 Å². The number of pyridine rings is 1. The van der Waals surface area contributed by atoms with Gasteiger partial charge in [0.15, 0.2) is 0 Å². The van der Waals surface area contributed by atoms with Gasteiger partial charge in [0.05, 0.1) is 16.8 Å². The van der Waals surface area contributed by atoms with Gasteiger partial charge in [-0.2, -0.15) is 5.10 Å². The molecule has 136 valence electrons. The van der Waals surface area contributed by atoms with Crippen molar-refractivity contribution in [2.75, 3.05) is 0 Å². The number of hydrogen-bond acceptors (Lipinski definition) is 5. The van der Waals surface area contributed by atoms with E-state index < -0.39 is 10.0 Å². The number of nitrogens with one attached hydrogen (secondary N) is 1. The standard InChI is InChI=1S/C19H16N4O2S2/c24-27(25,21-13-15-8-10-20-11-9-15)18-14-23(16-5-2-1-3-6-16)22-19(18)17-7-4-12-26-17/h1-12,14,21H,13H2. The van der Waals surface area contributed by atoms with Gasteiger partial charge in [0.25, 0.3) is 0 Å². The minimum atomic E-state index is -3.75. The van der Waals surface area contributed by atoms with Gasteiger partial charge in [-0.05, 0) is 41.3 Å². The van der Waals surface area contributed by atoms with Crippen LogP contribution in [0.15, 0.2) is 83.5 Å².